The third-order valence-corrected chi connectivity index (χ3v) is 6.48. The number of halogens is 1. The first-order valence-electron chi connectivity index (χ1n) is 11.0. The fraction of sp³-hybridized carbons (Fsp3) is 0.440. The Morgan fingerprint density at radius 2 is 1.87 bits per heavy atom. The van der Waals surface area contributed by atoms with Crippen LogP contribution in [0.4, 0.5) is 4.39 Å². The summed E-state index contributed by atoms with van der Waals surface area (Å²) in [7, 11) is 0. The zero-order valence-electron chi connectivity index (χ0n) is 18.0. The molecule has 31 heavy (non-hydrogen) atoms. The lowest BCUT2D eigenvalue weighted by Gasteiger charge is -2.43. The zero-order valence-corrected chi connectivity index (χ0v) is 18.0. The van der Waals surface area contributed by atoms with Gasteiger partial charge in [-0.1, -0.05) is 55.8 Å². The smallest absolute Gasteiger partial charge is 0.259 e. The average Bonchev–Trinajstić information content (AvgIpc) is 3.12. The number of ether oxygens (including phenoxy) is 1. The molecular formula is C25H29FN2O3. The predicted molar refractivity (Wildman–Crippen MR) is 116 cm³/mol. The number of nitrogens with one attached hydrogen (secondary N) is 1. The van der Waals surface area contributed by atoms with Gasteiger partial charge >= 0.3 is 0 Å². The molecule has 1 aliphatic heterocycles. The standard InChI is InChI=1S/C25H29FN2O3/c1-17-9-8-14-25(15-17)28(24(30)20-12-6-7-13-21(20)26)22(16-31-25)23(29)27-18(2)19-10-4-3-5-11-19/h3-7,10-13,17-18,22H,8-9,14-16H2,1-2H3,(H,27,29)/t17-,18-,22-,25-/m0/s1. The van der Waals surface area contributed by atoms with Crippen LogP contribution in [0.3, 0.4) is 0 Å². The van der Waals surface area contributed by atoms with Crippen LogP contribution in [0.1, 0.15) is 61.5 Å². The average molecular weight is 425 g/mol. The van der Waals surface area contributed by atoms with Gasteiger partial charge in [-0.15, -0.1) is 0 Å². The second-order valence-corrected chi connectivity index (χ2v) is 8.77. The molecule has 2 aliphatic rings. The van der Waals surface area contributed by atoms with Gasteiger partial charge in [-0.25, -0.2) is 4.39 Å². The Bertz CT molecular complexity index is 951. The predicted octanol–water partition coefficient (Wildman–Crippen LogP) is 4.45. The third kappa shape index (κ3) is 4.22. The van der Waals surface area contributed by atoms with Gasteiger partial charge in [0.1, 0.15) is 17.6 Å². The van der Waals surface area contributed by atoms with Gasteiger partial charge in [0.15, 0.2) is 0 Å². The lowest BCUT2D eigenvalue weighted by Crippen LogP contribution is -2.57. The molecule has 4 rings (SSSR count). The van der Waals surface area contributed by atoms with E-state index in [-0.39, 0.29) is 24.1 Å². The summed E-state index contributed by atoms with van der Waals surface area (Å²) in [6.45, 7) is 4.14. The van der Waals surface area contributed by atoms with E-state index in [1.54, 1.807) is 12.1 Å². The van der Waals surface area contributed by atoms with Gasteiger partial charge < -0.3 is 10.1 Å². The lowest BCUT2D eigenvalue weighted by atomic mass is 9.83. The van der Waals surface area contributed by atoms with Crippen LogP contribution in [0.2, 0.25) is 0 Å². The number of nitrogens with zero attached hydrogens (tertiary/aromatic N) is 1. The SMILES string of the molecule is C[C@H]1CCC[C@@]2(C1)OC[C@@H](C(=O)N[C@@H](C)c1ccccc1)N2C(=O)c1ccccc1F. The summed E-state index contributed by atoms with van der Waals surface area (Å²) in [4.78, 5) is 28.4. The number of rotatable bonds is 4. The van der Waals surface area contributed by atoms with Crippen molar-refractivity contribution in [3.8, 4) is 0 Å². The van der Waals surface area contributed by atoms with Gasteiger partial charge in [0.2, 0.25) is 5.91 Å². The highest BCUT2D eigenvalue weighted by Crippen LogP contribution is 2.43. The Balaban J connectivity index is 1.63. The van der Waals surface area contributed by atoms with Crippen LogP contribution in [0.5, 0.6) is 0 Å². The van der Waals surface area contributed by atoms with E-state index in [2.05, 4.69) is 12.2 Å². The molecule has 0 unspecified atom stereocenters. The molecule has 2 amide bonds. The van der Waals surface area contributed by atoms with E-state index >= 15 is 0 Å². The largest absolute Gasteiger partial charge is 0.353 e. The third-order valence-electron chi connectivity index (χ3n) is 6.48. The Labute approximate surface area is 182 Å². The maximum absolute atomic E-state index is 14.5. The van der Waals surface area contributed by atoms with Crippen molar-refractivity contribution in [2.45, 2.75) is 57.3 Å². The Kier molecular flexibility index (Phi) is 6.10. The van der Waals surface area contributed by atoms with Crippen LogP contribution in [-0.4, -0.2) is 35.1 Å². The molecule has 5 nitrogen and oxygen atoms in total. The van der Waals surface area contributed by atoms with Crippen LogP contribution < -0.4 is 5.32 Å². The maximum Gasteiger partial charge on any atom is 0.259 e. The second kappa shape index (κ2) is 8.79. The number of carbonyl (C=O) groups is 2. The van der Waals surface area contributed by atoms with Gasteiger partial charge in [0.25, 0.3) is 5.91 Å². The van der Waals surface area contributed by atoms with Gasteiger partial charge in [-0.05, 0) is 49.8 Å². The monoisotopic (exact) mass is 424 g/mol. The van der Waals surface area contributed by atoms with Crippen molar-refractivity contribution in [2.75, 3.05) is 6.61 Å². The molecule has 1 saturated heterocycles. The topological polar surface area (TPSA) is 58.6 Å². The molecule has 1 saturated carbocycles. The Morgan fingerprint density at radius 1 is 1.16 bits per heavy atom. The summed E-state index contributed by atoms with van der Waals surface area (Å²) >= 11 is 0. The number of hydrogen-bond donors (Lipinski definition) is 1. The minimum Gasteiger partial charge on any atom is -0.353 e. The Morgan fingerprint density at radius 3 is 2.58 bits per heavy atom. The summed E-state index contributed by atoms with van der Waals surface area (Å²) in [5, 5.41) is 3.02. The first-order valence-corrected chi connectivity index (χ1v) is 11.0. The van der Waals surface area contributed by atoms with E-state index in [0.717, 1.165) is 18.4 Å². The van der Waals surface area contributed by atoms with Crippen molar-refractivity contribution in [1.82, 2.24) is 10.2 Å². The van der Waals surface area contributed by atoms with Crippen molar-refractivity contribution in [2.24, 2.45) is 5.92 Å². The second-order valence-electron chi connectivity index (χ2n) is 8.77. The molecule has 2 fully saturated rings. The van der Waals surface area contributed by atoms with Crippen molar-refractivity contribution < 1.29 is 18.7 Å². The van der Waals surface area contributed by atoms with Crippen LogP contribution in [0.15, 0.2) is 54.6 Å². The van der Waals surface area contributed by atoms with Gasteiger partial charge in [0, 0.05) is 0 Å². The van der Waals surface area contributed by atoms with Crippen molar-refractivity contribution in [1.29, 1.82) is 0 Å². The fourth-order valence-electron chi connectivity index (χ4n) is 4.91. The summed E-state index contributed by atoms with van der Waals surface area (Å²) in [5.41, 5.74) is 0.0805. The fourth-order valence-corrected chi connectivity index (χ4v) is 4.91. The van der Waals surface area contributed by atoms with E-state index in [1.807, 2.05) is 37.3 Å². The number of amides is 2. The van der Waals surface area contributed by atoms with Crippen molar-refractivity contribution in [3.63, 3.8) is 0 Å². The van der Waals surface area contributed by atoms with Gasteiger partial charge in [0.05, 0.1) is 18.2 Å². The highest BCUT2D eigenvalue weighted by molar-refractivity contribution is 5.98. The van der Waals surface area contributed by atoms with Crippen LogP contribution in [0, 0.1) is 11.7 Å². The molecule has 1 heterocycles. The van der Waals surface area contributed by atoms with E-state index < -0.39 is 23.5 Å². The van der Waals surface area contributed by atoms with E-state index in [4.69, 9.17) is 4.74 Å². The quantitative estimate of drug-likeness (QED) is 0.789. The summed E-state index contributed by atoms with van der Waals surface area (Å²) in [6, 6.07) is 14.6. The number of benzene rings is 2. The summed E-state index contributed by atoms with van der Waals surface area (Å²) < 4.78 is 20.7. The van der Waals surface area contributed by atoms with E-state index in [0.29, 0.717) is 18.8 Å². The van der Waals surface area contributed by atoms with E-state index in [1.165, 1.54) is 17.0 Å². The molecule has 6 heteroatoms. The molecular weight excluding hydrogens is 395 g/mol. The Hall–Kier alpha value is -2.73. The first kappa shape index (κ1) is 21.5. The summed E-state index contributed by atoms with van der Waals surface area (Å²) in [6.07, 6.45) is 3.24. The molecule has 2 aromatic carbocycles. The van der Waals surface area contributed by atoms with Crippen LogP contribution in [-0.2, 0) is 9.53 Å². The molecule has 0 bridgehead atoms. The molecule has 2 aromatic rings. The molecule has 0 radical (unpaired) electrons. The normalized spacial score (nSPS) is 26.6. The van der Waals surface area contributed by atoms with E-state index in [9.17, 15) is 14.0 Å². The highest BCUT2D eigenvalue weighted by Gasteiger charge is 2.54. The number of hydrogen-bond acceptors (Lipinski definition) is 3. The molecule has 1 aliphatic carbocycles. The summed E-state index contributed by atoms with van der Waals surface area (Å²) in [5.74, 6) is -1.00. The minimum absolute atomic E-state index is 0.0282. The highest BCUT2D eigenvalue weighted by atomic mass is 19.1. The molecule has 4 atom stereocenters. The molecule has 1 N–H and O–H groups in total. The van der Waals surface area contributed by atoms with Crippen LogP contribution in [0.25, 0.3) is 0 Å². The van der Waals surface area contributed by atoms with Crippen LogP contribution >= 0.6 is 0 Å². The maximum atomic E-state index is 14.5. The lowest BCUT2D eigenvalue weighted by molar-refractivity contribution is -0.129. The zero-order chi connectivity index (χ0) is 22.0. The molecule has 1 spiro atoms. The van der Waals surface area contributed by atoms with Gasteiger partial charge in [-0.3, -0.25) is 14.5 Å². The molecule has 0 aromatic heterocycles. The van der Waals surface area contributed by atoms with Crippen molar-refractivity contribution >= 4 is 11.8 Å². The first-order chi connectivity index (χ1) is 14.9. The van der Waals surface area contributed by atoms with Gasteiger partial charge in [-0.2, -0.15) is 0 Å². The molecule has 164 valence electrons. The van der Waals surface area contributed by atoms with Crippen molar-refractivity contribution in [3.05, 3.63) is 71.5 Å². The minimum atomic E-state index is -0.866. The number of carbonyl (C=O) groups excluding carboxylic acids is 2.